The first-order valence-electron chi connectivity index (χ1n) is 7.11. The van der Waals surface area contributed by atoms with E-state index in [1.807, 2.05) is 0 Å². The number of rotatable bonds is 3. The first kappa shape index (κ1) is 13.7. The van der Waals surface area contributed by atoms with Crippen molar-refractivity contribution in [3.05, 3.63) is 33.9 Å². The number of hydrogen-bond donors (Lipinski definition) is 2. The smallest absolute Gasteiger partial charge is 0.293 e. The average molecular weight is 290 g/mol. The molecule has 1 saturated carbocycles. The highest BCUT2D eigenvalue weighted by atomic mass is 16.6. The fourth-order valence-electron chi connectivity index (χ4n) is 3.59. The Hall–Kier alpha value is -2.31. The van der Waals surface area contributed by atoms with Crippen LogP contribution in [0.5, 0.6) is 0 Å². The summed E-state index contributed by atoms with van der Waals surface area (Å²) in [6, 6.07) is 4.73. The molecule has 2 atom stereocenters. The van der Waals surface area contributed by atoms with E-state index in [0.717, 1.165) is 13.1 Å². The van der Waals surface area contributed by atoms with Crippen LogP contribution >= 0.6 is 0 Å². The fraction of sp³-hybridized carbons (Fsp3) is 0.500. The van der Waals surface area contributed by atoms with E-state index in [0.29, 0.717) is 23.1 Å². The third-order valence-corrected chi connectivity index (χ3v) is 4.64. The summed E-state index contributed by atoms with van der Waals surface area (Å²) in [5.74, 6) is 1.20. The summed E-state index contributed by atoms with van der Waals surface area (Å²) in [5, 5.41) is 22.9. The summed E-state index contributed by atoms with van der Waals surface area (Å²) in [4.78, 5) is 13.0. The molecule has 1 saturated heterocycles. The van der Waals surface area contributed by atoms with Crippen molar-refractivity contribution in [3.63, 3.8) is 0 Å². The van der Waals surface area contributed by atoms with Crippen LogP contribution in [0.1, 0.15) is 24.8 Å². The van der Waals surface area contributed by atoms with Crippen LogP contribution in [0.3, 0.4) is 0 Å². The van der Waals surface area contributed by atoms with E-state index in [9.17, 15) is 10.1 Å². The van der Waals surface area contributed by atoms with Crippen molar-refractivity contribution in [1.82, 2.24) is 0 Å². The molecular weight excluding hydrogens is 272 g/mol. The van der Waals surface area contributed by atoms with E-state index >= 15 is 0 Å². The second-order valence-corrected chi connectivity index (χ2v) is 5.80. The number of nitro benzene ring substituents is 1. The minimum Gasteiger partial charge on any atom is -0.409 e. The first-order valence-corrected chi connectivity index (χ1v) is 7.11. The van der Waals surface area contributed by atoms with E-state index in [4.69, 9.17) is 10.9 Å². The maximum Gasteiger partial charge on any atom is 0.293 e. The number of nitrogens with two attached hydrogens (primary N) is 1. The molecule has 112 valence electrons. The average Bonchev–Trinajstić information content (AvgIpc) is 3.06. The van der Waals surface area contributed by atoms with Gasteiger partial charge < -0.3 is 15.8 Å². The Balaban J connectivity index is 1.93. The monoisotopic (exact) mass is 290 g/mol. The lowest BCUT2D eigenvalue weighted by Gasteiger charge is -2.19. The zero-order chi connectivity index (χ0) is 15.0. The molecule has 2 fully saturated rings. The van der Waals surface area contributed by atoms with Gasteiger partial charge in [0.15, 0.2) is 5.84 Å². The van der Waals surface area contributed by atoms with Crippen molar-refractivity contribution in [3.8, 4) is 0 Å². The Labute approximate surface area is 122 Å². The minimum absolute atomic E-state index is 0.0130. The first-order chi connectivity index (χ1) is 10.1. The van der Waals surface area contributed by atoms with Crippen molar-refractivity contribution < 1.29 is 10.1 Å². The number of hydrogen-bond acceptors (Lipinski definition) is 5. The Morgan fingerprint density at radius 3 is 2.62 bits per heavy atom. The highest BCUT2D eigenvalue weighted by Gasteiger charge is 2.38. The Kier molecular flexibility index (Phi) is 3.40. The number of amidine groups is 1. The highest BCUT2D eigenvalue weighted by molar-refractivity contribution is 5.98. The quantitative estimate of drug-likeness (QED) is 0.291. The van der Waals surface area contributed by atoms with Gasteiger partial charge in [-0.25, -0.2) is 0 Å². The van der Waals surface area contributed by atoms with Crippen LogP contribution in [0.2, 0.25) is 0 Å². The van der Waals surface area contributed by atoms with Gasteiger partial charge in [0, 0.05) is 24.7 Å². The predicted molar refractivity (Wildman–Crippen MR) is 78.7 cm³/mol. The zero-order valence-electron chi connectivity index (χ0n) is 11.6. The van der Waals surface area contributed by atoms with Gasteiger partial charge in [-0.15, -0.1) is 0 Å². The molecule has 3 rings (SSSR count). The number of benzene rings is 1. The predicted octanol–water partition coefficient (Wildman–Crippen LogP) is 1.93. The third kappa shape index (κ3) is 2.39. The molecule has 0 amide bonds. The molecule has 2 aliphatic rings. The summed E-state index contributed by atoms with van der Waals surface area (Å²) < 4.78 is 0. The molecule has 1 aromatic carbocycles. The molecule has 0 bridgehead atoms. The molecule has 1 aliphatic carbocycles. The van der Waals surface area contributed by atoms with E-state index in [1.54, 1.807) is 12.1 Å². The fourth-order valence-corrected chi connectivity index (χ4v) is 3.59. The topological polar surface area (TPSA) is 105 Å². The Morgan fingerprint density at radius 2 is 2.05 bits per heavy atom. The van der Waals surface area contributed by atoms with Gasteiger partial charge in [0.25, 0.3) is 5.69 Å². The maximum atomic E-state index is 11.3. The minimum atomic E-state index is -0.405. The molecule has 7 nitrogen and oxygen atoms in total. The molecule has 0 aromatic heterocycles. The maximum absolute atomic E-state index is 11.3. The van der Waals surface area contributed by atoms with Crippen LogP contribution in [-0.2, 0) is 0 Å². The van der Waals surface area contributed by atoms with Gasteiger partial charge in [-0.05, 0) is 36.8 Å². The van der Waals surface area contributed by atoms with E-state index < -0.39 is 4.92 Å². The molecule has 3 N–H and O–H groups in total. The number of fused-ring (bicyclic) bond motifs is 1. The lowest BCUT2D eigenvalue weighted by Crippen LogP contribution is -2.22. The van der Waals surface area contributed by atoms with Crippen molar-refractivity contribution >= 4 is 17.2 Å². The second-order valence-electron chi connectivity index (χ2n) is 5.80. The molecular formula is C14H18N4O3. The SMILES string of the molecule is N/C(=N/O)c1ccc(N2CC3CCCC3C2)c([N+](=O)[O-])c1. The van der Waals surface area contributed by atoms with E-state index in [-0.39, 0.29) is 11.5 Å². The third-order valence-electron chi connectivity index (χ3n) is 4.64. The van der Waals surface area contributed by atoms with Crippen molar-refractivity contribution in [2.24, 2.45) is 22.7 Å². The van der Waals surface area contributed by atoms with Gasteiger partial charge in [-0.2, -0.15) is 0 Å². The van der Waals surface area contributed by atoms with Crippen molar-refractivity contribution in [1.29, 1.82) is 0 Å². The summed E-state index contributed by atoms with van der Waals surface area (Å²) in [6.07, 6.45) is 3.71. The molecule has 0 spiro atoms. The lowest BCUT2D eigenvalue weighted by molar-refractivity contribution is -0.384. The standard InChI is InChI=1S/C14H18N4O3/c15-14(16-19)9-4-5-12(13(6-9)18(20)21)17-7-10-2-1-3-11(10)8-17/h4-6,10-11,19H,1-3,7-8H2,(H2,15,16). The lowest BCUT2D eigenvalue weighted by atomic mass is 10.0. The largest absolute Gasteiger partial charge is 0.409 e. The number of nitrogens with zero attached hydrogens (tertiary/aromatic N) is 3. The molecule has 0 radical (unpaired) electrons. The van der Waals surface area contributed by atoms with Crippen molar-refractivity contribution in [2.45, 2.75) is 19.3 Å². The van der Waals surface area contributed by atoms with Crippen molar-refractivity contribution in [2.75, 3.05) is 18.0 Å². The summed E-state index contributed by atoms with van der Waals surface area (Å²) in [7, 11) is 0. The van der Waals surface area contributed by atoms with Crippen LogP contribution in [0.15, 0.2) is 23.4 Å². The number of oxime groups is 1. The molecule has 2 unspecified atom stereocenters. The van der Waals surface area contributed by atoms with Gasteiger partial charge in [0.05, 0.1) is 4.92 Å². The van der Waals surface area contributed by atoms with Gasteiger partial charge in [0.1, 0.15) is 5.69 Å². The second kappa shape index (κ2) is 5.23. The highest BCUT2D eigenvalue weighted by Crippen LogP contribution is 2.41. The van der Waals surface area contributed by atoms with Crippen LogP contribution in [-0.4, -0.2) is 29.1 Å². The summed E-state index contributed by atoms with van der Waals surface area (Å²) >= 11 is 0. The van der Waals surface area contributed by atoms with Gasteiger partial charge >= 0.3 is 0 Å². The molecule has 21 heavy (non-hydrogen) atoms. The van der Waals surface area contributed by atoms with Crippen LogP contribution in [0, 0.1) is 22.0 Å². The van der Waals surface area contributed by atoms with Crippen LogP contribution in [0.4, 0.5) is 11.4 Å². The number of anilines is 1. The summed E-state index contributed by atoms with van der Waals surface area (Å²) in [5.41, 5.74) is 6.50. The summed E-state index contributed by atoms with van der Waals surface area (Å²) in [6.45, 7) is 1.77. The Bertz CT molecular complexity index is 590. The molecule has 1 heterocycles. The van der Waals surface area contributed by atoms with Crippen LogP contribution in [0.25, 0.3) is 0 Å². The van der Waals surface area contributed by atoms with E-state index in [1.165, 1.54) is 25.3 Å². The van der Waals surface area contributed by atoms with Gasteiger partial charge in [0.2, 0.25) is 0 Å². The van der Waals surface area contributed by atoms with E-state index in [2.05, 4.69) is 10.1 Å². The van der Waals surface area contributed by atoms with Crippen LogP contribution < -0.4 is 10.6 Å². The van der Waals surface area contributed by atoms with Gasteiger partial charge in [-0.1, -0.05) is 11.6 Å². The Morgan fingerprint density at radius 1 is 1.38 bits per heavy atom. The molecule has 1 aromatic rings. The molecule has 7 heteroatoms. The zero-order valence-corrected chi connectivity index (χ0v) is 11.6. The normalized spacial score (nSPS) is 25.1. The molecule has 1 aliphatic heterocycles. The number of nitro groups is 1. The van der Waals surface area contributed by atoms with Gasteiger partial charge in [-0.3, -0.25) is 10.1 Å².